The molecule has 0 heterocycles. The zero-order valence-electron chi connectivity index (χ0n) is 12.7. The van der Waals surface area contributed by atoms with Crippen LogP contribution in [0.3, 0.4) is 0 Å². The van der Waals surface area contributed by atoms with Crippen molar-refractivity contribution in [3.63, 3.8) is 0 Å². The Hall–Kier alpha value is -0.940. The minimum atomic E-state index is -0.997. The lowest BCUT2D eigenvalue weighted by molar-refractivity contribution is -0.125. The summed E-state index contributed by atoms with van der Waals surface area (Å²) >= 11 is 5.73. The summed E-state index contributed by atoms with van der Waals surface area (Å²) in [6.45, 7) is 5.61. The van der Waals surface area contributed by atoms with Gasteiger partial charge < -0.3 is 5.32 Å². The van der Waals surface area contributed by atoms with Crippen LogP contribution >= 0.6 is 11.6 Å². The summed E-state index contributed by atoms with van der Waals surface area (Å²) in [5.74, 6) is -0.761. The van der Waals surface area contributed by atoms with Crippen molar-refractivity contribution in [1.29, 1.82) is 0 Å². The first-order valence-electron chi connectivity index (χ1n) is 6.72. The molecule has 0 bridgehead atoms. The van der Waals surface area contributed by atoms with Gasteiger partial charge in [-0.2, -0.15) is 0 Å². The molecule has 118 valence electrons. The Morgan fingerprint density at radius 3 is 2.62 bits per heavy atom. The molecule has 1 aromatic carbocycles. The van der Waals surface area contributed by atoms with Gasteiger partial charge in [-0.05, 0) is 32.4 Å². The Bertz CT molecular complexity index is 548. The maximum absolute atomic E-state index is 14.0. The standard InChI is InChI=1S/C15H21ClFNO2S/c1-10(21(4)20)7-8-18-14(19)15(2,3)12-6-5-11(16)9-13(12)17/h5-6,9-10H,7-8H2,1-4H3,(H,18,19)/t10-,21-/m0/s1. The van der Waals surface area contributed by atoms with E-state index in [9.17, 15) is 13.4 Å². The van der Waals surface area contributed by atoms with E-state index in [1.807, 2.05) is 6.92 Å². The number of hydrogen-bond acceptors (Lipinski definition) is 2. The van der Waals surface area contributed by atoms with Gasteiger partial charge in [0.15, 0.2) is 0 Å². The summed E-state index contributed by atoms with van der Waals surface area (Å²) in [6.07, 6.45) is 2.26. The lowest BCUT2D eigenvalue weighted by atomic mass is 9.83. The smallest absolute Gasteiger partial charge is 0.230 e. The van der Waals surface area contributed by atoms with Gasteiger partial charge >= 0.3 is 0 Å². The molecule has 0 saturated heterocycles. The van der Waals surface area contributed by atoms with Crippen LogP contribution in [0.4, 0.5) is 4.39 Å². The van der Waals surface area contributed by atoms with Crippen LogP contribution in [0.1, 0.15) is 32.8 Å². The molecule has 1 rings (SSSR count). The monoisotopic (exact) mass is 333 g/mol. The summed E-state index contributed by atoms with van der Waals surface area (Å²) in [5, 5.41) is 3.09. The molecule has 2 atom stereocenters. The molecule has 1 aromatic rings. The quantitative estimate of drug-likeness (QED) is 0.869. The van der Waals surface area contributed by atoms with Crippen LogP contribution in [0.5, 0.6) is 0 Å². The van der Waals surface area contributed by atoms with Crippen molar-refractivity contribution >= 4 is 28.3 Å². The number of hydrogen-bond donors (Lipinski definition) is 1. The highest BCUT2D eigenvalue weighted by molar-refractivity contribution is 7.84. The van der Waals surface area contributed by atoms with E-state index in [0.29, 0.717) is 23.6 Å². The molecule has 21 heavy (non-hydrogen) atoms. The lowest BCUT2D eigenvalue weighted by Gasteiger charge is -2.25. The predicted molar refractivity (Wildman–Crippen MR) is 85.6 cm³/mol. The van der Waals surface area contributed by atoms with Crippen molar-refractivity contribution in [3.8, 4) is 0 Å². The fraction of sp³-hybridized carbons (Fsp3) is 0.533. The van der Waals surface area contributed by atoms with Crippen LogP contribution in [-0.2, 0) is 21.0 Å². The van der Waals surface area contributed by atoms with Gasteiger partial charge in [-0.3, -0.25) is 9.00 Å². The van der Waals surface area contributed by atoms with E-state index in [1.165, 1.54) is 12.1 Å². The summed E-state index contributed by atoms with van der Waals surface area (Å²) in [4.78, 5) is 12.3. The van der Waals surface area contributed by atoms with Crippen LogP contribution in [0.2, 0.25) is 5.02 Å². The summed E-state index contributed by atoms with van der Waals surface area (Å²) in [5.41, 5.74) is -0.694. The Morgan fingerprint density at radius 1 is 1.48 bits per heavy atom. The molecule has 0 fully saturated rings. The van der Waals surface area contributed by atoms with Crippen molar-refractivity contribution in [2.75, 3.05) is 12.8 Å². The zero-order valence-corrected chi connectivity index (χ0v) is 14.3. The van der Waals surface area contributed by atoms with Crippen LogP contribution in [0.15, 0.2) is 18.2 Å². The number of amides is 1. The Labute approximate surface area is 132 Å². The number of carbonyl (C=O) groups is 1. The van der Waals surface area contributed by atoms with Crippen LogP contribution in [0, 0.1) is 5.82 Å². The van der Waals surface area contributed by atoms with E-state index in [4.69, 9.17) is 11.6 Å². The minimum Gasteiger partial charge on any atom is -0.355 e. The third kappa shape index (κ3) is 4.78. The first-order valence-corrected chi connectivity index (χ1v) is 8.72. The van der Waals surface area contributed by atoms with Gasteiger partial charge in [0.05, 0.1) is 5.41 Å². The average Bonchev–Trinajstić information content (AvgIpc) is 2.37. The summed E-state index contributed by atoms with van der Waals surface area (Å²) in [6, 6.07) is 4.30. The van der Waals surface area contributed by atoms with E-state index in [-0.39, 0.29) is 11.2 Å². The molecule has 0 radical (unpaired) electrons. The first kappa shape index (κ1) is 18.1. The van der Waals surface area contributed by atoms with Gasteiger partial charge in [-0.25, -0.2) is 4.39 Å². The average molecular weight is 334 g/mol. The van der Waals surface area contributed by atoms with Crippen molar-refractivity contribution in [2.24, 2.45) is 0 Å². The molecule has 0 aromatic heterocycles. The van der Waals surface area contributed by atoms with E-state index >= 15 is 0 Å². The second kappa shape index (κ2) is 7.36. The normalized spacial score (nSPS) is 14.6. The summed E-state index contributed by atoms with van der Waals surface area (Å²) < 4.78 is 25.2. The van der Waals surface area contributed by atoms with Gasteiger partial charge in [-0.15, -0.1) is 0 Å². The first-order chi connectivity index (χ1) is 9.66. The van der Waals surface area contributed by atoms with Gasteiger partial charge in [0, 0.05) is 39.4 Å². The third-order valence-corrected chi connectivity index (χ3v) is 5.18. The topological polar surface area (TPSA) is 46.2 Å². The third-order valence-electron chi connectivity index (χ3n) is 3.58. The molecule has 3 nitrogen and oxygen atoms in total. The highest BCUT2D eigenvalue weighted by atomic mass is 35.5. The Balaban J connectivity index is 2.73. The molecule has 1 amide bonds. The molecule has 0 aliphatic heterocycles. The van der Waals surface area contributed by atoms with E-state index in [2.05, 4.69) is 5.32 Å². The highest BCUT2D eigenvalue weighted by Gasteiger charge is 2.32. The molecule has 6 heteroatoms. The summed E-state index contributed by atoms with van der Waals surface area (Å²) in [7, 11) is -0.914. The Morgan fingerprint density at radius 2 is 2.10 bits per heavy atom. The number of rotatable bonds is 6. The fourth-order valence-electron chi connectivity index (χ4n) is 1.89. The number of benzene rings is 1. The van der Waals surface area contributed by atoms with Gasteiger partial charge in [0.25, 0.3) is 0 Å². The number of halogens is 2. The number of nitrogens with one attached hydrogen (secondary N) is 1. The minimum absolute atomic E-state index is 0.0145. The molecular formula is C15H21ClFNO2S. The van der Waals surface area contributed by atoms with Crippen LogP contribution in [0.25, 0.3) is 0 Å². The maximum atomic E-state index is 14.0. The van der Waals surface area contributed by atoms with Crippen LogP contribution < -0.4 is 5.32 Å². The largest absolute Gasteiger partial charge is 0.355 e. The van der Waals surface area contributed by atoms with Crippen LogP contribution in [-0.4, -0.2) is 28.2 Å². The maximum Gasteiger partial charge on any atom is 0.230 e. The van der Waals surface area contributed by atoms with Crippen molar-refractivity contribution < 1.29 is 13.4 Å². The molecule has 0 saturated carbocycles. The predicted octanol–water partition coefficient (Wildman–Crippen LogP) is 3.03. The van der Waals surface area contributed by atoms with E-state index in [0.717, 1.165) is 0 Å². The lowest BCUT2D eigenvalue weighted by Crippen LogP contribution is -2.41. The van der Waals surface area contributed by atoms with Crippen molar-refractivity contribution in [2.45, 2.75) is 37.9 Å². The second-order valence-corrected chi connectivity index (χ2v) is 7.84. The SMILES string of the molecule is C[C@@H](CCNC(=O)C(C)(C)c1ccc(Cl)cc1F)[S@](C)=O. The fourth-order valence-corrected chi connectivity index (χ4v) is 2.50. The van der Waals surface area contributed by atoms with E-state index in [1.54, 1.807) is 26.2 Å². The molecule has 0 unspecified atom stereocenters. The molecule has 0 spiro atoms. The Kier molecular flexibility index (Phi) is 6.35. The molecular weight excluding hydrogens is 313 g/mol. The number of carbonyl (C=O) groups excluding carboxylic acids is 1. The second-order valence-electron chi connectivity index (χ2n) is 5.60. The molecule has 0 aliphatic rings. The van der Waals surface area contributed by atoms with E-state index < -0.39 is 22.0 Å². The van der Waals surface area contributed by atoms with Gasteiger partial charge in [0.1, 0.15) is 5.82 Å². The van der Waals surface area contributed by atoms with Gasteiger partial charge in [-0.1, -0.05) is 24.6 Å². The van der Waals surface area contributed by atoms with Crippen molar-refractivity contribution in [3.05, 3.63) is 34.6 Å². The molecule has 0 aliphatic carbocycles. The highest BCUT2D eigenvalue weighted by Crippen LogP contribution is 2.28. The van der Waals surface area contributed by atoms with Crippen molar-refractivity contribution in [1.82, 2.24) is 5.32 Å². The van der Waals surface area contributed by atoms with Gasteiger partial charge in [0.2, 0.25) is 5.91 Å². The zero-order chi connectivity index (χ0) is 16.2. The molecule has 1 N–H and O–H groups in total.